The maximum atomic E-state index is 12.7. The third-order valence-corrected chi connectivity index (χ3v) is 2.40. The minimum atomic E-state index is -2.73. The molecule has 3 nitrogen and oxygen atoms in total. The normalized spacial score (nSPS) is 10.4. The van der Waals surface area contributed by atoms with Crippen molar-refractivity contribution in [2.45, 2.75) is 26.2 Å². The van der Waals surface area contributed by atoms with Gasteiger partial charge in [-0.2, -0.15) is 0 Å². The molecule has 0 saturated carbocycles. The Morgan fingerprint density at radius 2 is 2.17 bits per heavy atom. The Labute approximate surface area is 104 Å². The summed E-state index contributed by atoms with van der Waals surface area (Å²) in [5, 5.41) is 0. The van der Waals surface area contributed by atoms with Crippen molar-refractivity contribution in [2.75, 3.05) is 6.61 Å². The molecule has 0 aliphatic carbocycles. The first-order chi connectivity index (χ1) is 8.60. The van der Waals surface area contributed by atoms with E-state index >= 15 is 0 Å². The topological polar surface area (TPSA) is 43.4 Å². The van der Waals surface area contributed by atoms with Crippen LogP contribution in [0.5, 0.6) is 0 Å². The predicted molar refractivity (Wildman–Crippen MR) is 61.7 cm³/mol. The molecule has 18 heavy (non-hydrogen) atoms. The van der Waals surface area contributed by atoms with Crippen molar-refractivity contribution in [1.29, 1.82) is 0 Å². The van der Waals surface area contributed by atoms with E-state index in [1.165, 1.54) is 18.2 Å². The van der Waals surface area contributed by atoms with Crippen molar-refractivity contribution >= 4 is 12.3 Å². The van der Waals surface area contributed by atoms with E-state index < -0.39 is 12.4 Å². The third-order valence-electron chi connectivity index (χ3n) is 2.40. The molecule has 0 bridgehead atoms. The van der Waals surface area contributed by atoms with Gasteiger partial charge in [-0.05, 0) is 25.0 Å². The number of alkyl halides is 2. The van der Waals surface area contributed by atoms with Crippen LogP contribution in [0.1, 0.15) is 41.3 Å². The van der Waals surface area contributed by atoms with Crippen molar-refractivity contribution in [3.05, 3.63) is 34.9 Å². The van der Waals surface area contributed by atoms with Gasteiger partial charge in [0, 0.05) is 12.0 Å². The Balaban J connectivity index is 3.06. The van der Waals surface area contributed by atoms with Crippen molar-refractivity contribution in [1.82, 2.24) is 0 Å². The molecule has 0 N–H and O–H groups in total. The molecule has 0 radical (unpaired) electrons. The van der Waals surface area contributed by atoms with E-state index in [0.29, 0.717) is 12.0 Å². The zero-order valence-corrected chi connectivity index (χ0v) is 9.99. The number of aryl methyl sites for hydroxylation is 1. The van der Waals surface area contributed by atoms with Crippen molar-refractivity contribution in [3.63, 3.8) is 0 Å². The Bertz CT molecular complexity index is 430. The smallest absolute Gasteiger partial charge is 0.338 e. The molecular formula is C13H14F2O3. The van der Waals surface area contributed by atoms with Gasteiger partial charge in [0.15, 0.2) is 0 Å². The number of rotatable bonds is 6. The molecule has 1 aromatic rings. The lowest BCUT2D eigenvalue weighted by Gasteiger charge is -2.10. The van der Waals surface area contributed by atoms with Crippen LogP contribution in [0, 0.1) is 0 Å². The number of carbonyl (C=O) groups is 2. The van der Waals surface area contributed by atoms with Gasteiger partial charge in [-0.25, -0.2) is 13.6 Å². The van der Waals surface area contributed by atoms with Gasteiger partial charge in [-0.3, -0.25) is 0 Å². The van der Waals surface area contributed by atoms with E-state index in [9.17, 15) is 18.4 Å². The quantitative estimate of drug-likeness (QED) is 0.580. The lowest BCUT2D eigenvalue weighted by Crippen LogP contribution is -2.09. The van der Waals surface area contributed by atoms with Crippen LogP contribution in [0.3, 0.4) is 0 Å². The van der Waals surface area contributed by atoms with E-state index in [1.54, 1.807) is 6.92 Å². The first kappa shape index (κ1) is 14.3. The van der Waals surface area contributed by atoms with Crippen LogP contribution in [-0.2, 0) is 16.0 Å². The number of esters is 1. The second kappa shape index (κ2) is 6.83. The van der Waals surface area contributed by atoms with E-state index in [-0.39, 0.29) is 24.2 Å². The number of carbonyl (C=O) groups excluding carboxylic acids is 2. The highest BCUT2D eigenvalue weighted by Gasteiger charge is 2.19. The summed E-state index contributed by atoms with van der Waals surface area (Å²) in [6.07, 6.45) is -1.29. The van der Waals surface area contributed by atoms with Crippen LogP contribution in [0.25, 0.3) is 0 Å². The fourth-order valence-electron chi connectivity index (χ4n) is 1.56. The molecule has 0 amide bonds. The summed E-state index contributed by atoms with van der Waals surface area (Å²) in [5.41, 5.74) is 0.188. The highest BCUT2D eigenvalue weighted by molar-refractivity contribution is 5.91. The van der Waals surface area contributed by atoms with E-state index in [4.69, 9.17) is 4.74 Å². The van der Waals surface area contributed by atoms with E-state index in [1.807, 2.05) is 0 Å². The van der Waals surface area contributed by atoms with E-state index in [0.717, 1.165) is 6.29 Å². The monoisotopic (exact) mass is 256 g/mol. The molecule has 0 aliphatic heterocycles. The Morgan fingerprint density at radius 1 is 1.44 bits per heavy atom. The van der Waals surface area contributed by atoms with Crippen LogP contribution in [0.4, 0.5) is 8.78 Å². The third kappa shape index (κ3) is 3.61. The fraction of sp³-hybridized carbons (Fsp3) is 0.385. The van der Waals surface area contributed by atoms with Gasteiger partial charge < -0.3 is 9.53 Å². The number of hydrogen-bond donors (Lipinski definition) is 0. The van der Waals surface area contributed by atoms with Crippen molar-refractivity contribution in [3.8, 4) is 0 Å². The van der Waals surface area contributed by atoms with Crippen LogP contribution in [0.15, 0.2) is 18.2 Å². The number of benzene rings is 1. The molecule has 0 atom stereocenters. The molecule has 0 saturated heterocycles. The average molecular weight is 256 g/mol. The van der Waals surface area contributed by atoms with Crippen LogP contribution in [-0.4, -0.2) is 18.9 Å². The molecular weight excluding hydrogens is 242 g/mol. The van der Waals surface area contributed by atoms with Crippen LogP contribution < -0.4 is 0 Å². The van der Waals surface area contributed by atoms with Gasteiger partial charge >= 0.3 is 5.97 Å². The Morgan fingerprint density at radius 3 is 2.72 bits per heavy atom. The SMILES string of the molecule is CCOC(=O)c1cc(CCC=O)ccc1C(F)F. The number of halogens is 2. The summed E-state index contributed by atoms with van der Waals surface area (Å²) in [4.78, 5) is 21.8. The first-order valence-corrected chi connectivity index (χ1v) is 5.61. The zero-order valence-electron chi connectivity index (χ0n) is 9.99. The summed E-state index contributed by atoms with van der Waals surface area (Å²) >= 11 is 0. The lowest BCUT2D eigenvalue weighted by molar-refractivity contribution is -0.107. The zero-order chi connectivity index (χ0) is 13.5. The summed E-state index contributed by atoms with van der Waals surface area (Å²) in [7, 11) is 0. The molecule has 0 unspecified atom stereocenters. The number of ether oxygens (including phenoxy) is 1. The van der Waals surface area contributed by atoms with Gasteiger partial charge in [0.1, 0.15) is 6.29 Å². The van der Waals surface area contributed by atoms with Crippen molar-refractivity contribution in [2.24, 2.45) is 0 Å². The average Bonchev–Trinajstić information content (AvgIpc) is 2.36. The summed E-state index contributed by atoms with van der Waals surface area (Å²) in [5.74, 6) is -0.763. The van der Waals surface area contributed by atoms with E-state index in [2.05, 4.69) is 0 Å². The lowest BCUT2D eigenvalue weighted by atomic mass is 10.0. The molecule has 0 aromatic heterocycles. The highest BCUT2D eigenvalue weighted by atomic mass is 19.3. The molecule has 98 valence electrons. The van der Waals surface area contributed by atoms with Gasteiger partial charge in [-0.15, -0.1) is 0 Å². The van der Waals surface area contributed by atoms with Gasteiger partial charge in [0.2, 0.25) is 0 Å². The number of hydrogen-bond acceptors (Lipinski definition) is 3. The van der Waals surface area contributed by atoms with Gasteiger partial charge in [-0.1, -0.05) is 12.1 Å². The summed E-state index contributed by atoms with van der Waals surface area (Å²) < 4.78 is 30.2. The molecule has 1 aromatic carbocycles. The maximum absolute atomic E-state index is 12.7. The van der Waals surface area contributed by atoms with Gasteiger partial charge in [0.05, 0.1) is 12.2 Å². The minimum absolute atomic E-state index is 0.125. The minimum Gasteiger partial charge on any atom is -0.462 e. The molecule has 0 fully saturated rings. The summed E-state index contributed by atoms with van der Waals surface area (Å²) in [6, 6.07) is 4.06. The largest absolute Gasteiger partial charge is 0.462 e. The fourth-order valence-corrected chi connectivity index (χ4v) is 1.56. The predicted octanol–water partition coefficient (Wildman–Crippen LogP) is 2.93. The standard InChI is InChI=1S/C13H14F2O3/c1-2-18-13(17)11-8-9(4-3-7-16)5-6-10(11)12(14)15/h5-8,12H,2-4H2,1H3. The molecule has 5 heteroatoms. The molecule has 0 heterocycles. The summed E-state index contributed by atoms with van der Waals surface area (Å²) in [6.45, 7) is 1.73. The molecule has 0 spiro atoms. The molecule has 0 aliphatic rings. The Kier molecular flexibility index (Phi) is 5.42. The second-order valence-electron chi connectivity index (χ2n) is 3.65. The maximum Gasteiger partial charge on any atom is 0.338 e. The van der Waals surface area contributed by atoms with Gasteiger partial charge in [0.25, 0.3) is 6.43 Å². The molecule has 1 rings (SSSR count). The van der Waals surface area contributed by atoms with Crippen LogP contribution >= 0.6 is 0 Å². The van der Waals surface area contributed by atoms with Crippen LogP contribution in [0.2, 0.25) is 0 Å². The first-order valence-electron chi connectivity index (χ1n) is 5.61. The van der Waals surface area contributed by atoms with Crippen molar-refractivity contribution < 1.29 is 23.1 Å². The second-order valence-corrected chi connectivity index (χ2v) is 3.65. The Hall–Kier alpha value is -1.78. The highest BCUT2D eigenvalue weighted by Crippen LogP contribution is 2.25. The number of aldehydes is 1.